The minimum absolute atomic E-state index is 0.00186. The Labute approximate surface area is 121 Å². The number of carbonyl (C=O) groups excluding carboxylic acids is 1. The molecular formula is C13H18N6O2. The lowest BCUT2D eigenvalue weighted by Gasteiger charge is -2.16. The molecule has 2 aromatic rings. The van der Waals surface area contributed by atoms with Crippen LogP contribution in [0.3, 0.4) is 0 Å². The van der Waals surface area contributed by atoms with E-state index in [0.29, 0.717) is 18.0 Å². The number of amides is 1. The summed E-state index contributed by atoms with van der Waals surface area (Å²) in [6, 6.07) is -0.285. The van der Waals surface area contributed by atoms with Crippen LogP contribution in [0.4, 0.5) is 5.82 Å². The number of fused-ring (bicyclic) bond motifs is 1. The van der Waals surface area contributed by atoms with E-state index in [-0.39, 0.29) is 18.6 Å². The lowest BCUT2D eigenvalue weighted by molar-refractivity contribution is -0.121. The van der Waals surface area contributed by atoms with Crippen LogP contribution in [-0.4, -0.2) is 50.0 Å². The lowest BCUT2D eigenvalue weighted by Crippen LogP contribution is -2.38. The molecule has 8 nitrogen and oxygen atoms in total. The summed E-state index contributed by atoms with van der Waals surface area (Å²) in [4.78, 5) is 20.4. The molecule has 3 heterocycles. The van der Waals surface area contributed by atoms with Crippen molar-refractivity contribution in [3.63, 3.8) is 0 Å². The number of anilines is 1. The van der Waals surface area contributed by atoms with Gasteiger partial charge in [-0.1, -0.05) is 0 Å². The number of aliphatic hydroxyl groups excluding tert-OH is 1. The number of nitrogens with one attached hydrogen (secondary N) is 2. The van der Waals surface area contributed by atoms with E-state index in [1.807, 2.05) is 0 Å². The van der Waals surface area contributed by atoms with Crippen molar-refractivity contribution in [2.24, 2.45) is 0 Å². The molecular weight excluding hydrogens is 272 g/mol. The van der Waals surface area contributed by atoms with Crippen molar-refractivity contribution in [2.45, 2.75) is 31.8 Å². The molecule has 1 saturated heterocycles. The highest BCUT2D eigenvalue weighted by Gasteiger charge is 2.22. The van der Waals surface area contributed by atoms with Gasteiger partial charge in [-0.05, 0) is 19.3 Å². The molecule has 1 aliphatic heterocycles. The Morgan fingerprint density at radius 1 is 1.43 bits per heavy atom. The van der Waals surface area contributed by atoms with E-state index in [4.69, 9.17) is 5.11 Å². The van der Waals surface area contributed by atoms with Crippen molar-refractivity contribution >= 4 is 22.8 Å². The molecule has 0 bridgehead atoms. The molecule has 1 fully saturated rings. The molecule has 1 aliphatic rings. The van der Waals surface area contributed by atoms with Gasteiger partial charge in [0.25, 0.3) is 0 Å². The maximum Gasteiger partial charge on any atom is 0.242 e. The van der Waals surface area contributed by atoms with Crippen molar-refractivity contribution in [3.05, 3.63) is 12.5 Å². The van der Waals surface area contributed by atoms with E-state index < -0.39 is 0 Å². The molecule has 0 aliphatic carbocycles. The predicted molar refractivity (Wildman–Crippen MR) is 76.7 cm³/mol. The van der Waals surface area contributed by atoms with Crippen molar-refractivity contribution in [1.29, 1.82) is 0 Å². The molecule has 0 radical (unpaired) electrons. The molecule has 0 aromatic carbocycles. The molecule has 8 heteroatoms. The van der Waals surface area contributed by atoms with Gasteiger partial charge in [-0.15, -0.1) is 0 Å². The Balaban J connectivity index is 1.88. The number of carbonyl (C=O) groups is 1. The lowest BCUT2D eigenvalue weighted by atomic mass is 10.1. The second-order valence-electron chi connectivity index (χ2n) is 5.03. The topological polar surface area (TPSA) is 105 Å². The molecule has 2 aromatic heterocycles. The molecule has 0 unspecified atom stereocenters. The highest BCUT2D eigenvalue weighted by atomic mass is 16.3. The van der Waals surface area contributed by atoms with Crippen LogP contribution in [0.15, 0.2) is 12.5 Å². The minimum Gasteiger partial charge on any atom is -0.394 e. The molecule has 3 N–H and O–H groups in total. The molecule has 1 atom stereocenters. The summed E-state index contributed by atoms with van der Waals surface area (Å²) in [5.41, 5.74) is 0.649. The number of hydrogen-bond acceptors (Lipinski definition) is 6. The smallest absolute Gasteiger partial charge is 0.242 e. The fourth-order valence-corrected chi connectivity index (χ4v) is 2.51. The zero-order valence-corrected chi connectivity index (χ0v) is 11.6. The van der Waals surface area contributed by atoms with Crippen LogP contribution in [0.5, 0.6) is 0 Å². The largest absolute Gasteiger partial charge is 0.394 e. The van der Waals surface area contributed by atoms with E-state index in [1.165, 1.54) is 6.33 Å². The number of aromatic nitrogens is 4. The van der Waals surface area contributed by atoms with Crippen LogP contribution < -0.4 is 10.6 Å². The predicted octanol–water partition coefficient (Wildman–Crippen LogP) is -0.101. The third kappa shape index (κ3) is 2.80. The zero-order valence-electron chi connectivity index (χ0n) is 11.6. The Morgan fingerprint density at radius 3 is 3.19 bits per heavy atom. The van der Waals surface area contributed by atoms with Crippen LogP contribution in [-0.2, 0) is 11.3 Å². The van der Waals surface area contributed by atoms with Gasteiger partial charge in [-0.2, -0.15) is 5.10 Å². The molecule has 21 heavy (non-hydrogen) atoms. The Bertz CT molecular complexity index is 641. The summed E-state index contributed by atoms with van der Waals surface area (Å²) in [5.74, 6) is 0.605. The highest BCUT2D eigenvalue weighted by Crippen LogP contribution is 2.20. The van der Waals surface area contributed by atoms with Crippen LogP contribution >= 0.6 is 0 Å². The number of aliphatic hydroxyl groups is 1. The fraction of sp³-hybridized carbons (Fsp3) is 0.538. The number of nitrogens with zero attached hydrogens (tertiary/aromatic N) is 4. The van der Waals surface area contributed by atoms with E-state index >= 15 is 0 Å². The summed E-state index contributed by atoms with van der Waals surface area (Å²) in [7, 11) is 0. The molecule has 1 amide bonds. The third-order valence-electron chi connectivity index (χ3n) is 3.59. The maximum atomic E-state index is 12.0. The third-order valence-corrected chi connectivity index (χ3v) is 3.59. The quantitative estimate of drug-likeness (QED) is 0.726. The van der Waals surface area contributed by atoms with E-state index in [9.17, 15) is 4.79 Å². The summed E-state index contributed by atoms with van der Waals surface area (Å²) in [5, 5.41) is 20.0. The van der Waals surface area contributed by atoms with Gasteiger partial charge in [0.2, 0.25) is 5.91 Å². The van der Waals surface area contributed by atoms with Crippen LogP contribution in [0.25, 0.3) is 11.0 Å². The van der Waals surface area contributed by atoms with Gasteiger partial charge in [-0.3, -0.25) is 4.79 Å². The molecule has 0 spiro atoms. The van der Waals surface area contributed by atoms with Gasteiger partial charge in [-0.25, -0.2) is 14.6 Å². The standard InChI is InChI=1S/C13H18N6O2/c20-6-5-19-12-9(7-17-19)11(15-8-16-12)18-10-3-1-2-4-14-13(10)21/h7-8,10,20H,1-6H2,(H,14,21)(H,15,16,18)/t10-/m1/s1. The van der Waals surface area contributed by atoms with Crippen molar-refractivity contribution in [3.8, 4) is 0 Å². The zero-order chi connectivity index (χ0) is 14.7. The Morgan fingerprint density at radius 2 is 2.33 bits per heavy atom. The van der Waals surface area contributed by atoms with E-state index in [1.54, 1.807) is 10.9 Å². The minimum atomic E-state index is -0.285. The van der Waals surface area contributed by atoms with Crippen LogP contribution in [0.1, 0.15) is 19.3 Å². The normalized spacial score (nSPS) is 19.3. The van der Waals surface area contributed by atoms with Gasteiger partial charge in [0.1, 0.15) is 18.2 Å². The summed E-state index contributed by atoms with van der Waals surface area (Å²) >= 11 is 0. The highest BCUT2D eigenvalue weighted by molar-refractivity contribution is 5.90. The average molecular weight is 290 g/mol. The van der Waals surface area contributed by atoms with Gasteiger partial charge in [0, 0.05) is 6.54 Å². The first kappa shape index (κ1) is 13.7. The first-order chi connectivity index (χ1) is 10.3. The Kier molecular flexibility index (Phi) is 3.96. The molecule has 3 rings (SSSR count). The average Bonchev–Trinajstić information content (AvgIpc) is 2.79. The second-order valence-corrected chi connectivity index (χ2v) is 5.03. The monoisotopic (exact) mass is 290 g/mol. The second kappa shape index (κ2) is 6.04. The first-order valence-electron chi connectivity index (χ1n) is 7.11. The van der Waals surface area contributed by atoms with Crippen LogP contribution in [0, 0.1) is 0 Å². The molecule has 0 saturated carbocycles. The number of hydrogen-bond donors (Lipinski definition) is 3. The fourth-order valence-electron chi connectivity index (χ4n) is 2.51. The van der Waals surface area contributed by atoms with Gasteiger partial charge >= 0.3 is 0 Å². The SMILES string of the molecule is O=C1NCCCC[C@H]1Nc1ncnc2c1cnn2CCO. The Hall–Kier alpha value is -2.22. The van der Waals surface area contributed by atoms with Crippen LogP contribution in [0.2, 0.25) is 0 Å². The summed E-state index contributed by atoms with van der Waals surface area (Å²) in [6.07, 6.45) is 5.87. The first-order valence-corrected chi connectivity index (χ1v) is 7.11. The number of rotatable bonds is 4. The van der Waals surface area contributed by atoms with Gasteiger partial charge in [0.05, 0.1) is 24.7 Å². The van der Waals surface area contributed by atoms with E-state index in [2.05, 4.69) is 25.7 Å². The summed E-state index contributed by atoms with van der Waals surface area (Å²) < 4.78 is 1.62. The van der Waals surface area contributed by atoms with Gasteiger partial charge < -0.3 is 15.7 Å². The van der Waals surface area contributed by atoms with Crippen molar-refractivity contribution in [1.82, 2.24) is 25.1 Å². The van der Waals surface area contributed by atoms with Gasteiger partial charge in [0.15, 0.2) is 5.65 Å². The van der Waals surface area contributed by atoms with Crippen molar-refractivity contribution < 1.29 is 9.90 Å². The summed E-state index contributed by atoms with van der Waals surface area (Å²) in [6.45, 7) is 1.10. The van der Waals surface area contributed by atoms with Crippen molar-refractivity contribution in [2.75, 3.05) is 18.5 Å². The molecule has 112 valence electrons. The van der Waals surface area contributed by atoms with E-state index in [0.717, 1.165) is 31.2 Å². The maximum absolute atomic E-state index is 12.0.